The third kappa shape index (κ3) is 4.47. The molecular weight excluding hydrogens is 273 g/mol. The van der Waals surface area contributed by atoms with Crippen LogP contribution in [-0.2, 0) is 0 Å². The van der Waals surface area contributed by atoms with Crippen LogP contribution in [0.5, 0.6) is 0 Å². The fourth-order valence-corrected chi connectivity index (χ4v) is 3.48. The predicted molar refractivity (Wildman–Crippen MR) is 82.6 cm³/mol. The van der Waals surface area contributed by atoms with E-state index in [4.69, 9.17) is 0 Å². The molecule has 1 aliphatic carbocycles. The van der Waals surface area contributed by atoms with Crippen LogP contribution in [-0.4, -0.2) is 30.1 Å². The molecule has 1 unspecified atom stereocenters. The first-order valence-electron chi connectivity index (χ1n) is 7.36. The van der Waals surface area contributed by atoms with Crippen molar-refractivity contribution in [2.75, 3.05) is 18.9 Å². The Bertz CT molecular complexity index is 400. The van der Waals surface area contributed by atoms with E-state index in [9.17, 15) is 9.50 Å². The summed E-state index contributed by atoms with van der Waals surface area (Å²) in [7, 11) is 0. The number of benzene rings is 1. The molecule has 2 N–H and O–H groups in total. The second kappa shape index (κ2) is 7.43. The molecule has 1 fully saturated rings. The van der Waals surface area contributed by atoms with Gasteiger partial charge in [0, 0.05) is 29.5 Å². The summed E-state index contributed by atoms with van der Waals surface area (Å²) in [5.74, 6) is 0.838. The molecule has 2 rings (SSSR count). The lowest BCUT2D eigenvalue weighted by molar-refractivity contribution is 0.0425. The molecule has 1 atom stereocenters. The van der Waals surface area contributed by atoms with Crippen molar-refractivity contribution in [2.45, 2.75) is 43.5 Å². The Kier molecular flexibility index (Phi) is 5.87. The van der Waals surface area contributed by atoms with Gasteiger partial charge in [0.1, 0.15) is 5.82 Å². The van der Waals surface area contributed by atoms with Gasteiger partial charge in [-0.05, 0) is 56.2 Å². The molecule has 0 saturated heterocycles. The molecule has 1 saturated carbocycles. The maximum Gasteiger partial charge on any atom is 0.123 e. The van der Waals surface area contributed by atoms with Gasteiger partial charge in [0.2, 0.25) is 0 Å². The van der Waals surface area contributed by atoms with Crippen LogP contribution >= 0.6 is 11.8 Å². The van der Waals surface area contributed by atoms with Crippen molar-refractivity contribution in [3.05, 3.63) is 30.1 Å². The van der Waals surface area contributed by atoms with E-state index in [2.05, 4.69) is 12.2 Å². The highest BCUT2D eigenvalue weighted by molar-refractivity contribution is 7.99. The van der Waals surface area contributed by atoms with Gasteiger partial charge in [-0.15, -0.1) is 11.8 Å². The lowest BCUT2D eigenvalue weighted by Crippen LogP contribution is -2.45. The molecule has 0 amide bonds. The van der Waals surface area contributed by atoms with E-state index in [0.717, 1.165) is 36.5 Å². The fraction of sp³-hybridized carbons (Fsp3) is 0.625. The molecular formula is C16H24FNOS. The van der Waals surface area contributed by atoms with Crippen LogP contribution in [0.25, 0.3) is 0 Å². The normalized spacial score (nSPS) is 18.6. The largest absolute Gasteiger partial charge is 0.396 e. The maximum atomic E-state index is 12.8. The molecule has 1 aromatic rings. The van der Waals surface area contributed by atoms with E-state index < -0.39 is 0 Å². The molecule has 0 bridgehead atoms. The summed E-state index contributed by atoms with van der Waals surface area (Å²) >= 11 is 1.76. The lowest BCUT2D eigenvalue weighted by atomic mass is 9.69. The monoisotopic (exact) mass is 297 g/mol. The first kappa shape index (κ1) is 15.8. The molecule has 0 radical (unpaired) electrons. The molecule has 0 aromatic heterocycles. The van der Waals surface area contributed by atoms with E-state index in [-0.39, 0.29) is 11.2 Å². The zero-order chi connectivity index (χ0) is 14.4. The number of hydrogen-bond donors (Lipinski definition) is 2. The van der Waals surface area contributed by atoms with Gasteiger partial charge in [-0.2, -0.15) is 0 Å². The average Bonchev–Trinajstić information content (AvgIpc) is 2.40. The van der Waals surface area contributed by atoms with Gasteiger partial charge in [0.15, 0.2) is 0 Å². The summed E-state index contributed by atoms with van der Waals surface area (Å²) in [6, 6.07) is 7.12. The van der Waals surface area contributed by atoms with E-state index in [1.54, 1.807) is 11.8 Å². The average molecular weight is 297 g/mol. The smallest absolute Gasteiger partial charge is 0.123 e. The highest BCUT2D eigenvalue weighted by Gasteiger charge is 2.36. The highest BCUT2D eigenvalue weighted by atomic mass is 32.2. The van der Waals surface area contributed by atoms with Crippen molar-refractivity contribution in [1.82, 2.24) is 5.32 Å². The minimum Gasteiger partial charge on any atom is -0.396 e. The Morgan fingerprint density at radius 3 is 2.60 bits per heavy atom. The minimum absolute atomic E-state index is 0.151. The molecule has 2 nitrogen and oxygen atoms in total. The summed E-state index contributed by atoms with van der Waals surface area (Å²) in [5, 5.41) is 13.0. The van der Waals surface area contributed by atoms with Crippen molar-refractivity contribution >= 4 is 11.8 Å². The maximum absolute atomic E-state index is 12.8. The molecule has 20 heavy (non-hydrogen) atoms. The molecule has 1 aliphatic rings. The Morgan fingerprint density at radius 2 is 2.05 bits per heavy atom. The van der Waals surface area contributed by atoms with Gasteiger partial charge in [0.05, 0.1) is 0 Å². The standard InChI is InChI=1S/C16H24FNOS/c1-13(18-11-16(12-19)8-2-9-16)7-10-20-15-5-3-14(17)4-6-15/h3-6,13,18-19H,2,7-12H2,1H3. The Hall–Kier alpha value is -0.580. The quantitative estimate of drug-likeness (QED) is 0.721. The summed E-state index contributed by atoms with van der Waals surface area (Å²) in [5.41, 5.74) is 0.151. The van der Waals surface area contributed by atoms with Gasteiger partial charge < -0.3 is 10.4 Å². The summed E-state index contributed by atoms with van der Waals surface area (Å²) < 4.78 is 12.8. The van der Waals surface area contributed by atoms with Gasteiger partial charge in [-0.1, -0.05) is 6.42 Å². The van der Waals surface area contributed by atoms with Gasteiger partial charge in [-0.25, -0.2) is 4.39 Å². The fourth-order valence-electron chi connectivity index (χ4n) is 2.44. The summed E-state index contributed by atoms with van der Waals surface area (Å²) in [4.78, 5) is 1.12. The number of nitrogens with one attached hydrogen (secondary N) is 1. The third-order valence-corrected chi connectivity index (χ3v) is 5.25. The van der Waals surface area contributed by atoms with Crippen LogP contribution in [0.3, 0.4) is 0 Å². The Labute approximate surface area is 125 Å². The number of halogens is 1. The number of hydrogen-bond acceptors (Lipinski definition) is 3. The van der Waals surface area contributed by atoms with Crippen LogP contribution < -0.4 is 5.32 Å². The van der Waals surface area contributed by atoms with Crippen LogP contribution in [0.2, 0.25) is 0 Å². The molecule has 112 valence electrons. The van der Waals surface area contributed by atoms with E-state index in [1.165, 1.54) is 18.6 Å². The zero-order valence-corrected chi connectivity index (χ0v) is 12.9. The van der Waals surface area contributed by atoms with Crippen molar-refractivity contribution < 1.29 is 9.50 Å². The van der Waals surface area contributed by atoms with Crippen LogP contribution in [0.15, 0.2) is 29.2 Å². The highest BCUT2D eigenvalue weighted by Crippen LogP contribution is 2.39. The topological polar surface area (TPSA) is 32.3 Å². The molecule has 0 spiro atoms. The lowest BCUT2D eigenvalue weighted by Gasteiger charge is -2.41. The first-order valence-corrected chi connectivity index (χ1v) is 8.35. The Morgan fingerprint density at radius 1 is 1.35 bits per heavy atom. The first-order chi connectivity index (χ1) is 9.63. The number of rotatable bonds is 8. The predicted octanol–water partition coefficient (Wildman–Crippen LogP) is 3.45. The summed E-state index contributed by atoms with van der Waals surface area (Å²) in [6.45, 7) is 3.41. The van der Waals surface area contributed by atoms with Crippen LogP contribution in [0.4, 0.5) is 4.39 Å². The Balaban J connectivity index is 1.62. The molecule has 0 aliphatic heterocycles. The number of aliphatic hydroxyl groups is 1. The van der Waals surface area contributed by atoms with Crippen molar-refractivity contribution in [2.24, 2.45) is 5.41 Å². The van der Waals surface area contributed by atoms with Crippen molar-refractivity contribution in [3.8, 4) is 0 Å². The van der Waals surface area contributed by atoms with Gasteiger partial charge in [0.25, 0.3) is 0 Å². The van der Waals surface area contributed by atoms with E-state index in [1.807, 2.05) is 12.1 Å². The number of thioether (sulfide) groups is 1. The van der Waals surface area contributed by atoms with Crippen LogP contribution in [0, 0.1) is 11.2 Å². The molecule has 1 aromatic carbocycles. The molecule has 0 heterocycles. The zero-order valence-electron chi connectivity index (χ0n) is 12.1. The SMILES string of the molecule is CC(CCSc1ccc(F)cc1)NCC1(CO)CCC1. The number of aliphatic hydroxyl groups excluding tert-OH is 1. The third-order valence-electron chi connectivity index (χ3n) is 4.21. The second-order valence-corrected chi connectivity index (χ2v) is 7.05. The summed E-state index contributed by atoms with van der Waals surface area (Å²) in [6.07, 6.45) is 4.61. The van der Waals surface area contributed by atoms with Crippen LogP contribution in [0.1, 0.15) is 32.6 Å². The van der Waals surface area contributed by atoms with Gasteiger partial charge >= 0.3 is 0 Å². The van der Waals surface area contributed by atoms with Crippen molar-refractivity contribution in [3.63, 3.8) is 0 Å². The van der Waals surface area contributed by atoms with E-state index in [0.29, 0.717) is 12.6 Å². The molecule has 4 heteroatoms. The minimum atomic E-state index is -0.181. The second-order valence-electron chi connectivity index (χ2n) is 5.88. The van der Waals surface area contributed by atoms with E-state index >= 15 is 0 Å². The van der Waals surface area contributed by atoms with Crippen molar-refractivity contribution in [1.29, 1.82) is 0 Å². The van der Waals surface area contributed by atoms with Gasteiger partial charge in [-0.3, -0.25) is 0 Å².